The Kier molecular flexibility index (Phi) is 5.38. The van der Waals surface area contributed by atoms with Crippen molar-refractivity contribution in [1.29, 1.82) is 0 Å². The third-order valence-corrected chi connectivity index (χ3v) is 4.30. The normalized spacial score (nSPS) is 12.0. The predicted octanol–water partition coefficient (Wildman–Crippen LogP) is 3.20. The fraction of sp³-hybridized carbons (Fsp3) is 0.312. The molecular formula is C16H20N4OS. The van der Waals surface area contributed by atoms with Crippen LogP contribution in [0.15, 0.2) is 42.3 Å². The molecule has 2 rings (SSSR count). The van der Waals surface area contributed by atoms with Gasteiger partial charge in [-0.25, -0.2) is 0 Å². The fourth-order valence-corrected chi connectivity index (χ4v) is 2.75. The predicted molar refractivity (Wildman–Crippen MR) is 90.1 cm³/mol. The summed E-state index contributed by atoms with van der Waals surface area (Å²) in [4.78, 5) is 12.4. The van der Waals surface area contributed by atoms with Crippen LogP contribution in [0.4, 0.5) is 5.69 Å². The van der Waals surface area contributed by atoms with Gasteiger partial charge in [0, 0.05) is 12.2 Å². The molecule has 0 aliphatic heterocycles. The van der Waals surface area contributed by atoms with E-state index in [1.807, 2.05) is 43.5 Å². The maximum atomic E-state index is 12.4. The van der Waals surface area contributed by atoms with Crippen molar-refractivity contribution in [3.8, 4) is 0 Å². The molecule has 0 unspecified atom stereocenters. The Morgan fingerprint density at radius 1 is 1.50 bits per heavy atom. The molecule has 1 aromatic carbocycles. The molecule has 0 aliphatic rings. The molecule has 0 spiro atoms. The van der Waals surface area contributed by atoms with Crippen molar-refractivity contribution < 1.29 is 4.79 Å². The smallest absolute Gasteiger partial charge is 0.237 e. The van der Waals surface area contributed by atoms with E-state index in [1.54, 1.807) is 12.4 Å². The van der Waals surface area contributed by atoms with Gasteiger partial charge in [-0.2, -0.15) is 0 Å². The molecule has 0 aliphatic carbocycles. The van der Waals surface area contributed by atoms with Crippen LogP contribution >= 0.6 is 11.8 Å². The Morgan fingerprint density at radius 2 is 2.27 bits per heavy atom. The van der Waals surface area contributed by atoms with Crippen molar-refractivity contribution in [2.24, 2.45) is 0 Å². The van der Waals surface area contributed by atoms with E-state index in [0.717, 1.165) is 16.8 Å². The molecule has 1 heterocycles. The molecule has 5 nitrogen and oxygen atoms in total. The molecule has 1 amide bonds. The SMILES string of the molecule is C=CCn1cnnc1S[C@@H](C)C(=O)Nc1cc(C)ccc1C. The number of aryl methyl sites for hydroxylation is 2. The van der Waals surface area contributed by atoms with Gasteiger partial charge >= 0.3 is 0 Å². The zero-order chi connectivity index (χ0) is 16.1. The van der Waals surface area contributed by atoms with Crippen molar-refractivity contribution in [2.45, 2.75) is 37.7 Å². The summed E-state index contributed by atoms with van der Waals surface area (Å²) < 4.78 is 1.86. The van der Waals surface area contributed by atoms with Crippen LogP contribution in [-0.2, 0) is 11.3 Å². The molecular weight excluding hydrogens is 296 g/mol. The summed E-state index contributed by atoms with van der Waals surface area (Å²) in [5.41, 5.74) is 3.02. The van der Waals surface area contributed by atoms with E-state index >= 15 is 0 Å². The van der Waals surface area contributed by atoms with Gasteiger partial charge in [-0.15, -0.1) is 16.8 Å². The number of hydrogen-bond acceptors (Lipinski definition) is 4. The van der Waals surface area contributed by atoms with Gasteiger partial charge in [0.25, 0.3) is 0 Å². The van der Waals surface area contributed by atoms with Crippen molar-refractivity contribution in [3.05, 3.63) is 48.3 Å². The highest BCUT2D eigenvalue weighted by molar-refractivity contribution is 8.00. The molecule has 116 valence electrons. The number of hydrogen-bond donors (Lipinski definition) is 1. The summed E-state index contributed by atoms with van der Waals surface area (Å²) in [7, 11) is 0. The monoisotopic (exact) mass is 316 g/mol. The number of nitrogens with zero attached hydrogens (tertiary/aromatic N) is 3. The van der Waals surface area contributed by atoms with Crippen LogP contribution < -0.4 is 5.32 Å². The Hall–Kier alpha value is -2.08. The molecule has 22 heavy (non-hydrogen) atoms. The molecule has 1 aromatic heterocycles. The molecule has 1 N–H and O–H groups in total. The van der Waals surface area contributed by atoms with Gasteiger partial charge in [0.15, 0.2) is 5.16 Å². The number of amides is 1. The number of thioether (sulfide) groups is 1. The lowest BCUT2D eigenvalue weighted by Gasteiger charge is -2.14. The van der Waals surface area contributed by atoms with Gasteiger partial charge in [0.2, 0.25) is 5.91 Å². The van der Waals surface area contributed by atoms with Crippen LogP contribution in [-0.4, -0.2) is 25.9 Å². The Morgan fingerprint density at radius 3 is 3.00 bits per heavy atom. The minimum atomic E-state index is -0.271. The molecule has 1 atom stereocenters. The van der Waals surface area contributed by atoms with Gasteiger partial charge in [0.1, 0.15) is 6.33 Å². The summed E-state index contributed by atoms with van der Waals surface area (Å²) in [5.74, 6) is -0.0492. The number of carbonyl (C=O) groups excluding carboxylic acids is 1. The average molecular weight is 316 g/mol. The summed E-state index contributed by atoms with van der Waals surface area (Å²) >= 11 is 1.38. The minimum Gasteiger partial charge on any atom is -0.325 e. The van der Waals surface area contributed by atoms with Crippen molar-refractivity contribution in [1.82, 2.24) is 14.8 Å². The van der Waals surface area contributed by atoms with Crippen LogP contribution in [0, 0.1) is 13.8 Å². The largest absolute Gasteiger partial charge is 0.325 e. The maximum absolute atomic E-state index is 12.4. The first kappa shape index (κ1) is 16.3. The van der Waals surface area contributed by atoms with E-state index in [4.69, 9.17) is 0 Å². The maximum Gasteiger partial charge on any atom is 0.237 e. The molecule has 0 bridgehead atoms. The fourth-order valence-electron chi connectivity index (χ4n) is 1.92. The number of rotatable bonds is 6. The van der Waals surface area contributed by atoms with Crippen molar-refractivity contribution in [2.75, 3.05) is 5.32 Å². The van der Waals surface area contributed by atoms with E-state index in [1.165, 1.54) is 11.8 Å². The van der Waals surface area contributed by atoms with Crippen LogP contribution in [0.25, 0.3) is 0 Å². The minimum absolute atomic E-state index is 0.0492. The van der Waals surface area contributed by atoms with Gasteiger partial charge in [-0.3, -0.25) is 4.79 Å². The highest BCUT2D eigenvalue weighted by Gasteiger charge is 2.18. The van der Waals surface area contributed by atoms with E-state index < -0.39 is 0 Å². The molecule has 0 fully saturated rings. The standard InChI is InChI=1S/C16H20N4OS/c1-5-8-20-10-17-19-16(20)22-13(4)15(21)18-14-9-11(2)6-7-12(14)3/h5-7,9-10,13H,1,8H2,2-4H3,(H,18,21)/t13-/m0/s1. The van der Waals surface area contributed by atoms with Crippen molar-refractivity contribution >= 4 is 23.4 Å². The summed E-state index contributed by atoms with van der Waals surface area (Å²) in [6.07, 6.45) is 3.41. The molecule has 0 saturated heterocycles. The summed E-state index contributed by atoms with van der Waals surface area (Å²) in [5, 5.41) is 11.3. The van der Waals surface area contributed by atoms with Crippen LogP contribution in [0.3, 0.4) is 0 Å². The molecule has 0 saturated carbocycles. The first-order valence-electron chi connectivity index (χ1n) is 7.04. The lowest BCUT2D eigenvalue weighted by Crippen LogP contribution is -2.23. The number of aromatic nitrogens is 3. The molecule has 6 heteroatoms. The third kappa shape index (κ3) is 3.98. The number of benzene rings is 1. The van der Waals surface area contributed by atoms with Crippen LogP contribution in [0.5, 0.6) is 0 Å². The van der Waals surface area contributed by atoms with Gasteiger partial charge in [0.05, 0.1) is 5.25 Å². The van der Waals surface area contributed by atoms with Crippen molar-refractivity contribution in [3.63, 3.8) is 0 Å². The number of carbonyl (C=O) groups is 1. The topological polar surface area (TPSA) is 59.8 Å². The highest BCUT2D eigenvalue weighted by Crippen LogP contribution is 2.23. The number of nitrogens with one attached hydrogen (secondary N) is 1. The van der Waals surface area contributed by atoms with Gasteiger partial charge in [-0.05, 0) is 38.0 Å². The second kappa shape index (κ2) is 7.26. The van der Waals surface area contributed by atoms with Gasteiger partial charge in [-0.1, -0.05) is 30.0 Å². The zero-order valence-corrected chi connectivity index (χ0v) is 13.9. The van der Waals surface area contributed by atoms with E-state index in [9.17, 15) is 4.79 Å². The Bertz CT molecular complexity index is 681. The second-order valence-corrected chi connectivity index (χ2v) is 6.43. The van der Waals surface area contributed by atoms with Gasteiger partial charge < -0.3 is 9.88 Å². The van der Waals surface area contributed by atoms with E-state index in [-0.39, 0.29) is 11.2 Å². The number of anilines is 1. The quantitative estimate of drug-likeness (QED) is 0.657. The summed E-state index contributed by atoms with van der Waals surface area (Å²) in [6.45, 7) is 10.2. The summed E-state index contributed by atoms with van der Waals surface area (Å²) in [6, 6.07) is 6.01. The highest BCUT2D eigenvalue weighted by atomic mass is 32.2. The average Bonchev–Trinajstić information content (AvgIpc) is 2.90. The first-order chi connectivity index (χ1) is 10.5. The van der Waals surface area contributed by atoms with Crippen LogP contribution in [0.1, 0.15) is 18.1 Å². The third-order valence-electron chi connectivity index (χ3n) is 3.21. The number of allylic oxidation sites excluding steroid dienone is 1. The zero-order valence-electron chi connectivity index (χ0n) is 13.0. The lowest BCUT2D eigenvalue weighted by molar-refractivity contribution is -0.115. The Balaban J connectivity index is 2.04. The lowest BCUT2D eigenvalue weighted by atomic mass is 10.1. The second-order valence-electron chi connectivity index (χ2n) is 5.12. The van der Waals surface area contributed by atoms with E-state index in [0.29, 0.717) is 11.7 Å². The van der Waals surface area contributed by atoms with Crippen LogP contribution in [0.2, 0.25) is 0 Å². The Labute approximate surface area is 134 Å². The first-order valence-corrected chi connectivity index (χ1v) is 7.92. The molecule has 0 radical (unpaired) electrons. The van der Waals surface area contributed by atoms with E-state index in [2.05, 4.69) is 22.1 Å². The molecule has 2 aromatic rings.